The van der Waals surface area contributed by atoms with E-state index in [2.05, 4.69) is 17.1 Å². The van der Waals surface area contributed by atoms with E-state index in [-0.39, 0.29) is 12.4 Å². The molecule has 0 aliphatic carbocycles. The minimum Gasteiger partial charge on any atom is -0.481 e. The first-order valence-corrected chi connectivity index (χ1v) is 8.74. The topological polar surface area (TPSA) is 41.6 Å². The maximum atomic E-state index is 13.5. The van der Waals surface area contributed by atoms with E-state index in [1.165, 1.54) is 12.8 Å². The lowest BCUT2D eigenvalue weighted by atomic mass is 9.99. The van der Waals surface area contributed by atoms with Gasteiger partial charge >= 0.3 is 0 Å². The summed E-state index contributed by atoms with van der Waals surface area (Å²) in [6.07, 6.45) is 2.38. The van der Waals surface area contributed by atoms with Crippen molar-refractivity contribution in [1.82, 2.24) is 0 Å². The smallest absolute Gasteiger partial charge is 0.262 e. The zero-order valence-electron chi connectivity index (χ0n) is 14.7. The molecule has 1 heterocycles. The van der Waals surface area contributed by atoms with Crippen LogP contribution in [0.2, 0.25) is 0 Å². The molecule has 0 aromatic heterocycles. The number of piperidine rings is 1. The fourth-order valence-electron chi connectivity index (χ4n) is 2.96. The molecule has 0 saturated carbocycles. The molecule has 26 heavy (non-hydrogen) atoms. The first-order valence-electron chi connectivity index (χ1n) is 8.74. The molecule has 0 atom stereocenters. The Bertz CT molecular complexity index is 757. The molecule has 1 saturated heterocycles. The summed E-state index contributed by atoms with van der Waals surface area (Å²) in [6, 6.07) is 10.6. The third-order valence-electron chi connectivity index (χ3n) is 4.55. The number of carbonyl (C=O) groups excluding carboxylic acids is 1. The number of amides is 1. The van der Waals surface area contributed by atoms with Crippen molar-refractivity contribution in [3.63, 3.8) is 0 Å². The molecule has 1 aliphatic rings. The van der Waals surface area contributed by atoms with Crippen LogP contribution in [0.5, 0.6) is 5.75 Å². The number of rotatable bonds is 5. The summed E-state index contributed by atoms with van der Waals surface area (Å²) in [5, 5.41) is 2.70. The molecule has 2 aromatic carbocycles. The van der Waals surface area contributed by atoms with E-state index >= 15 is 0 Å². The Kier molecular flexibility index (Phi) is 5.71. The molecule has 1 N–H and O–H groups in total. The third kappa shape index (κ3) is 4.71. The lowest BCUT2D eigenvalue weighted by Gasteiger charge is -2.32. The van der Waals surface area contributed by atoms with Crippen LogP contribution in [0.1, 0.15) is 19.8 Å². The summed E-state index contributed by atoms with van der Waals surface area (Å²) in [5.41, 5.74) is 1.78. The summed E-state index contributed by atoms with van der Waals surface area (Å²) >= 11 is 0. The molecule has 2 aromatic rings. The van der Waals surface area contributed by atoms with Crippen LogP contribution in [0.3, 0.4) is 0 Å². The van der Waals surface area contributed by atoms with E-state index in [0.29, 0.717) is 11.8 Å². The fraction of sp³-hybridized carbons (Fsp3) is 0.350. The molecule has 1 amide bonds. The summed E-state index contributed by atoms with van der Waals surface area (Å²) in [5.74, 6) is -1.32. The van der Waals surface area contributed by atoms with Crippen molar-refractivity contribution in [2.24, 2.45) is 5.92 Å². The Morgan fingerprint density at radius 3 is 2.50 bits per heavy atom. The molecular formula is C20H22F2N2O2. The second-order valence-electron chi connectivity index (χ2n) is 6.63. The van der Waals surface area contributed by atoms with Gasteiger partial charge in [-0.25, -0.2) is 8.78 Å². The highest BCUT2D eigenvalue weighted by Gasteiger charge is 2.16. The quantitative estimate of drug-likeness (QED) is 0.868. The second kappa shape index (κ2) is 8.17. The van der Waals surface area contributed by atoms with Crippen LogP contribution < -0.4 is 15.0 Å². The van der Waals surface area contributed by atoms with Gasteiger partial charge in [-0.05, 0) is 55.2 Å². The minimum atomic E-state index is -0.835. The van der Waals surface area contributed by atoms with Gasteiger partial charge in [0.2, 0.25) is 0 Å². The molecule has 0 radical (unpaired) electrons. The van der Waals surface area contributed by atoms with Gasteiger partial charge in [0.15, 0.2) is 18.2 Å². The van der Waals surface area contributed by atoms with Crippen LogP contribution in [0.25, 0.3) is 0 Å². The number of anilines is 2. The Balaban J connectivity index is 1.51. The molecule has 6 heteroatoms. The molecule has 1 fully saturated rings. The number of hydrogen-bond acceptors (Lipinski definition) is 3. The SMILES string of the molecule is CC1CCN(c2ccc(NC(=O)COc3ccc(F)cc3F)cc2)CC1. The van der Waals surface area contributed by atoms with Crippen molar-refractivity contribution in [1.29, 1.82) is 0 Å². The highest BCUT2D eigenvalue weighted by atomic mass is 19.1. The monoisotopic (exact) mass is 360 g/mol. The zero-order chi connectivity index (χ0) is 18.5. The lowest BCUT2D eigenvalue weighted by molar-refractivity contribution is -0.118. The number of ether oxygens (including phenoxy) is 1. The first kappa shape index (κ1) is 18.2. The summed E-state index contributed by atoms with van der Waals surface area (Å²) < 4.78 is 31.4. The zero-order valence-corrected chi connectivity index (χ0v) is 14.7. The van der Waals surface area contributed by atoms with Gasteiger partial charge < -0.3 is 15.0 Å². The lowest BCUT2D eigenvalue weighted by Crippen LogP contribution is -2.32. The maximum absolute atomic E-state index is 13.5. The summed E-state index contributed by atoms with van der Waals surface area (Å²) in [6.45, 7) is 4.01. The van der Waals surface area contributed by atoms with Gasteiger partial charge in [-0.15, -0.1) is 0 Å². The van der Waals surface area contributed by atoms with E-state index in [0.717, 1.165) is 36.8 Å². The molecule has 3 rings (SSSR count). The van der Waals surface area contributed by atoms with Crippen LogP contribution in [0.15, 0.2) is 42.5 Å². The molecular weight excluding hydrogens is 338 g/mol. The van der Waals surface area contributed by atoms with Gasteiger partial charge in [-0.1, -0.05) is 6.92 Å². The van der Waals surface area contributed by atoms with Crippen molar-refractivity contribution < 1.29 is 18.3 Å². The first-order chi connectivity index (χ1) is 12.5. The number of halogens is 2. The highest BCUT2D eigenvalue weighted by molar-refractivity contribution is 5.92. The Morgan fingerprint density at radius 2 is 1.85 bits per heavy atom. The molecule has 0 bridgehead atoms. The van der Waals surface area contributed by atoms with Gasteiger partial charge in [-0.3, -0.25) is 4.79 Å². The Hall–Kier alpha value is -2.63. The van der Waals surface area contributed by atoms with Crippen LogP contribution in [0.4, 0.5) is 20.2 Å². The van der Waals surface area contributed by atoms with E-state index < -0.39 is 17.5 Å². The van der Waals surface area contributed by atoms with E-state index in [1.807, 2.05) is 24.3 Å². The van der Waals surface area contributed by atoms with Crippen LogP contribution in [-0.2, 0) is 4.79 Å². The third-order valence-corrected chi connectivity index (χ3v) is 4.55. The van der Waals surface area contributed by atoms with Gasteiger partial charge in [-0.2, -0.15) is 0 Å². The molecule has 0 unspecified atom stereocenters. The number of carbonyl (C=O) groups is 1. The average molecular weight is 360 g/mol. The largest absolute Gasteiger partial charge is 0.481 e. The van der Waals surface area contributed by atoms with Crippen molar-refractivity contribution in [2.45, 2.75) is 19.8 Å². The number of benzene rings is 2. The van der Waals surface area contributed by atoms with E-state index in [1.54, 1.807) is 0 Å². The van der Waals surface area contributed by atoms with Crippen LogP contribution in [-0.4, -0.2) is 25.6 Å². The highest BCUT2D eigenvalue weighted by Crippen LogP contribution is 2.24. The van der Waals surface area contributed by atoms with Crippen molar-refractivity contribution in [2.75, 3.05) is 29.9 Å². The molecule has 138 valence electrons. The van der Waals surface area contributed by atoms with E-state index in [4.69, 9.17) is 4.74 Å². The van der Waals surface area contributed by atoms with Crippen molar-refractivity contribution in [3.05, 3.63) is 54.1 Å². The van der Waals surface area contributed by atoms with Gasteiger partial charge in [0.25, 0.3) is 5.91 Å². The van der Waals surface area contributed by atoms with Gasteiger partial charge in [0.05, 0.1) is 0 Å². The number of nitrogens with one attached hydrogen (secondary N) is 1. The number of hydrogen-bond donors (Lipinski definition) is 1. The van der Waals surface area contributed by atoms with Crippen LogP contribution >= 0.6 is 0 Å². The van der Waals surface area contributed by atoms with Crippen LogP contribution in [0, 0.1) is 17.6 Å². The van der Waals surface area contributed by atoms with Gasteiger partial charge in [0.1, 0.15) is 5.82 Å². The fourth-order valence-corrected chi connectivity index (χ4v) is 2.96. The molecule has 1 aliphatic heterocycles. The maximum Gasteiger partial charge on any atom is 0.262 e. The number of nitrogens with zero attached hydrogens (tertiary/aromatic N) is 1. The van der Waals surface area contributed by atoms with Gasteiger partial charge in [0, 0.05) is 30.5 Å². The van der Waals surface area contributed by atoms with Crippen molar-refractivity contribution >= 4 is 17.3 Å². The molecule has 0 spiro atoms. The second-order valence-corrected chi connectivity index (χ2v) is 6.63. The van der Waals surface area contributed by atoms with E-state index in [9.17, 15) is 13.6 Å². The standard InChI is InChI=1S/C20H22F2N2O2/c1-14-8-10-24(11-9-14)17-5-3-16(4-6-17)23-20(25)13-26-19-7-2-15(21)12-18(19)22/h2-7,12,14H,8-11,13H2,1H3,(H,23,25). The average Bonchev–Trinajstić information content (AvgIpc) is 2.62. The predicted molar refractivity (Wildman–Crippen MR) is 97.5 cm³/mol. The van der Waals surface area contributed by atoms with Crippen molar-refractivity contribution in [3.8, 4) is 5.75 Å². The minimum absolute atomic E-state index is 0.156. The summed E-state index contributed by atoms with van der Waals surface area (Å²) in [4.78, 5) is 14.3. The predicted octanol–water partition coefficient (Wildman–Crippen LogP) is 4.22. The Morgan fingerprint density at radius 1 is 1.15 bits per heavy atom. The normalized spacial score (nSPS) is 15.0. The summed E-state index contributed by atoms with van der Waals surface area (Å²) in [7, 11) is 0. The Labute approximate surface area is 151 Å². The molecule has 4 nitrogen and oxygen atoms in total.